The van der Waals surface area contributed by atoms with E-state index in [0.29, 0.717) is 5.56 Å². The summed E-state index contributed by atoms with van der Waals surface area (Å²) < 4.78 is 0. The van der Waals surface area contributed by atoms with Crippen molar-refractivity contribution in [3.63, 3.8) is 0 Å². The van der Waals surface area contributed by atoms with Crippen molar-refractivity contribution < 1.29 is 22.3 Å². The molecule has 31 heavy (non-hydrogen) atoms. The SMILES string of the molecule is Cc1ccc(C[P+](c2ccccc2)(c2ccccc2)c2ccccc2C(=O)O)cc1.[Cl-]. The summed E-state index contributed by atoms with van der Waals surface area (Å²) in [5.41, 5.74) is 2.81. The first-order valence-corrected chi connectivity index (χ1v) is 12.0. The molecule has 0 aromatic heterocycles. The molecule has 0 heterocycles. The molecule has 4 aromatic carbocycles. The minimum Gasteiger partial charge on any atom is -1.00 e. The van der Waals surface area contributed by atoms with E-state index in [-0.39, 0.29) is 12.4 Å². The molecule has 0 fully saturated rings. The summed E-state index contributed by atoms with van der Waals surface area (Å²) >= 11 is 0. The van der Waals surface area contributed by atoms with Crippen molar-refractivity contribution in [3.8, 4) is 0 Å². The molecule has 4 rings (SSSR count). The van der Waals surface area contributed by atoms with E-state index in [2.05, 4.69) is 55.5 Å². The molecule has 4 heteroatoms. The molecular weight excluding hydrogens is 423 g/mol. The van der Waals surface area contributed by atoms with Crippen LogP contribution < -0.4 is 28.3 Å². The molecule has 0 saturated heterocycles. The van der Waals surface area contributed by atoms with Gasteiger partial charge in [0.15, 0.2) is 0 Å². The number of carbonyl (C=O) groups is 1. The Bertz CT molecular complexity index is 1100. The van der Waals surface area contributed by atoms with E-state index in [1.54, 1.807) is 6.07 Å². The normalized spacial score (nSPS) is 10.9. The van der Waals surface area contributed by atoms with Crippen molar-refractivity contribution in [2.24, 2.45) is 0 Å². The topological polar surface area (TPSA) is 37.3 Å². The second-order valence-corrected chi connectivity index (χ2v) is 10.9. The van der Waals surface area contributed by atoms with Crippen molar-refractivity contribution in [2.75, 3.05) is 0 Å². The molecule has 0 aliphatic heterocycles. The second kappa shape index (κ2) is 9.92. The average Bonchev–Trinajstić information content (AvgIpc) is 2.80. The van der Waals surface area contributed by atoms with E-state index in [1.165, 1.54) is 21.7 Å². The van der Waals surface area contributed by atoms with E-state index < -0.39 is 13.2 Å². The van der Waals surface area contributed by atoms with Crippen molar-refractivity contribution in [1.82, 2.24) is 0 Å². The third-order valence-electron chi connectivity index (χ3n) is 5.48. The maximum absolute atomic E-state index is 12.2. The summed E-state index contributed by atoms with van der Waals surface area (Å²) in [5, 5.41) is 13.3. The van der Waals surface area contributed by atoms with Gasteiger partial charge in [-0.05, 0) is 48.9 Å². The average molecular weight is 447 g/mol. The van der Waals surface area contributed by atoms with Gasteiger partial charge >= 0.3 is 5.97 Å². The van der Waals surface area contributed by atoms with Gasteiger partial charge in [0.05, 0.1) is 6.16 Å². The number of hydrogen-bond donors (Lipinski definition) is 1. The Kier molecular flexibility index (Phi) is 7.28. The van der Waals surface area contributed by atoms with Gasteiger partial charge in [-0.1, -0.05) is 78.4 Å². The van der Waals surface area contributed by atoms with Gasteiger partial charge in [0, 0.05) is 0 Å². The Labute approximate surface area is 190 Å². The number of carboxylic acids is 1. The first kappa shape index (κ1) is 22.7. The van der Waals surface area contributed by atoms with Gasteiger partial charge in [-0.2, -0.15) is 0 Å². The predicted molar refractivity (Wildman–Crippen MR) is 127 cm³/mol. The van der Waals surface area contributed by atoms with Crippen LogP contribution in [0.2, 0.25) is 0 Å². The Morgan fingerprint density at radius 1 is 0.710 bits per heavy atom. The molecule has 0 unspecified atom stereocenters. The second-order valence-electron chi connectivity index (χ2n) is 7.45. The molecule has 0 bridgehead atoms. The lowest BCUT2D eigenvalue weighted by atomic mass is 10.2. The van der Waals surface area contributed by atoms with Crippen LogP contribution >= 0.6 is 7.26 Å². The number of benzene rings is 4. The molecule has 0 saturated carbocycles. The van der Waals surface area contributed by atoms with Crippen molar-refractivity contribution in [2.45, 2.75) is 13.1 Å². The number of rotatable bonds is 6. The van der Waals surface area contributed by atoms with E-state index in [1.807, 2.05) is 54.6 Å². The summed E-state index contributed by atoms with van der Waals surface area (Å²) in [6, 6.07) is 36.9. The molecule has 156 valence electrons. The van der Waals surface area contributed by atoms with E-state index in [4.69, 9.17) is 0 Å². The maximum Gasteiger partial charge on any atom is 0.339 e. The van der Waals surface area contributed by atoms with Gasteiger partial charge < -0.3 is 17.5 Å². The first-order valence-electron chi connectivity index (χ1n) is 9.99. The van der Waals surface area contributed by atoms with Gasteiger partial charge in [-0.3, -0.25) is 0 Å². The standard InChI is InChI=1S/C27H23O2P.ClH/c1-21-16-18-22(19-17-21)20-30(23-10-4-2-5-11-23,24-12-6-3-7-13-24)26-15-9-8-14-25(26)27(28)29;/h2-19H,20H2,1H3;1H. The Balaban J connectivity index is 0.00000272. The molecule has 2 nitrogen and oxygen atoms in total. The Morgan fingerprint density at radius 3 is 1.71 bits per heavy atom. The third kappa shape index (κ3) is 4.56. The van der Waals surface area contributed by atoms with Crippen molar-refractivity contribution in [1.29, 1.82) is 0 Å². The number of hydrogen-bond acceptors (Lipinski definition) is 1. The van der Waals surface area contributed by atoms with Crippen LogP contribution in [0, 0.1) is 6.92 Å². The highest BCUT2D eigenvalue weighted by Crippen LogP contribution is 2.58. The Hall–Kier alpha value is -2.93. The molecule has 0 atom stereocenters. The number of carboxylic acid groups (broad SMARTS) is 1. The van der Waals surface area contributed by atoms with Crippen LogP contribution in [0.1, 0.15) is 21.5 Å². The summed E-state index contributed by atoms with van der Waals surface area (Å²) in [6.45, 7) is 2.08. The van der Waals surface area contributed by atoms with Gasteiger partial charge in [0.1, 0.15) is 28.7 Å². The quantitative estimate of drug-likeness (QED) is 0.461. The molecule has 0 radical (unpaired) electrons. The minimum absolute atomic E-state index is 0. The van der Waals surface area contributed by atoms with Crippen molar-refractivity contribution in [3.05, 3.63) is 126 Å². The van der Waals surface area contributed by atoms with Crippen LogP contribution in [0.25, 0.3) is 0 Å². The summed E-state index contributed by atoms with van der Waals surface area (Å²) in [4.78, 5) is 12.2. The van der Waals surface area contributed by atoms with Crippen LogP contribution in [0.3, 0.4) is 0 Å². The van der Waals surface area contributed by atoms with Crippen LogP contribution in [0.15, 0.2) is 109 Å². The lowest BCUT2D eigenvalue weighted by Crippen LogP contribution is -3.00. The van der Waals surface area contributed by atoms with Crippen molar-refractivity contribution >= 4 is 29.1 Å². The number of aryl methyl sites for hydroxylation is 1. The fourth-order valence-electron chi connectivity index (χ4n) is 4.01. The monoisotopic (exact) mass is 446 g/mol. The summed E-state index contributed by atoms with van der Waals surface area (Å²) in [6.07, 6.45) is 0.769. The highest BCUT2D eigenvalue weighted by atomic mass is 35.5. The lowest BCUT2D eigenvalue weighted by molar-refractivity contribution is -0.0000214. The predicted octanol–water partition coefficient (Wildman–Crippen LogP) is 2.19. The zero-order valence-electron chi connectivity index (χ0n) is 17.3. The summed E-state index contributed by atoms with van der Waals surface area (Å²) in [7, 11) is -2.26. The van der Waals surface area contributed by atoms with Gasteiger partial charge in [-0.15, -0.1) is 0 Å². The van der Waals surface area contributed by atoms with E-state index in [0.717, 1.165) is 11.5 Å². The number of halogens is 1. The molecule has 0 spiro atoms. The molecule has 0 amide bonds. The molecule has 0 aliphatic carbocycles. The molecule has 1 N–H and O–H groups in total. The fourth-order valence-corrected chi connectivity index (χ4v) is 8.45. The number of aromatic carboxylic acids is 1. The molecule has 0 aliphatic rings. The molecular formula is C27H24ClO2P. The third-order valence-corrected chi connectivity index (χ3v) is 9.89. The van der Waals surface area contributed by atoms with E-state index >= 15 is 0 Å². The van der Waals surface area contributed by atoms with E-state index in [9.17, 15) is 9.90 Å². The first-order chi connectivity index (χ1) is 14.6. The highest BCUT2D eigenvalue weighted by molar-refractivity contribution is 7.95. The van der Waals surface area contributed by atoms with Gasteiger partial charge in [0.2, 0.25) is 0 Å². The zero-order valence-corrected chi connectivity index (χ0v) is 18.9. The zero-order chi connectivity index (χ0) is 21.0. The van der Waals surface area contributed by atoms with Crippen LogP contribution in [0.5, 0.6) is 0 Å². The van der Waals surface area contributed by atoms with Gasteiger partial charge in [-0.25, -0.2) is 4.79 Å². The maximum atomic E-state index is 12.2. The minimum atomic E-state index is -2.26. The van der Waals surface area contributed by atoms with Crippen LogP contribution in [-0.4, -0.2) is 11.1 Å². The van der Waals surface area contributed by atoms with Crippen LogP contribution in [0.4, 0.5) is 0 Å². The largest absolute Gasteiger partial charge is 1.00 e. The van der Waals surface area contributed by atoms with Gasteiger partial charge in [0.25, 0.3) is 0 Å². The highest BCUT2D eigenvalue weighted by Gasteiger charge is 2.47. The van der Waals surface area contributed by atoms with Crippen LogP contribution in [-0.2, 0) is 6.16 Å². The summed E-state index contributed by atoms with van der Waals surface area (Å²) in [5.74, 6) is -0.884. The molecule has 4 aromatic rings. The lowest BCUT2D eigenvalue weighted by Gasteiger charge is -2.29. The fraction of sp³-hybridized carbons (Fsp3) is 0.0741. The smallest absolute Gasteiger partial charge is 0.339 e. The Morgan fingerprint density at radius 2 is 1.19 bits per heavy atom.